The van der Waals surface area contributed by atoms with Gasteiger partial charge in [-0.25, -0.2) is 4.39 Å². The summed E-state index contributed by atoms with van der Waals surface area (Å²) in [7, 11) is 1.55. The molecular formula is C13H9ClFO. The minimum Gasteiger partial charge on any atom is -0.495 e. The summed E-state index contributed by atoms with van der Waals surface area (Å²) in [6, 6.07) is 12.7. The predicted molar refractivity (Wildman–Crippen MR) is 62.2 cm³/mol. The van der Waals surface area contributed by atoms with Crippen LogP contribution >= 0.6 is 11.6 Å². The van der Waals surface area contributed by atoms with Crippen molar-refractivity contribution in [1.29, 1.82) is 0 Å². The van der Waals surface area contributed by atoms with E-state index < -0.39 is 0 Å². The summed E-state index contributed by atoms with van der Waals surface area (Å²) >= 11 is 5.80. The van der Waals surface area contributed by atoms with Gasteiger partial charge in [-0.1, -0.05) is 29.8 Å². The molecule has 1 nitrogen and oxygen atoms in total. The normalized spacial score (nSPS) is 10.2. The van der Waals surface area contributed by atoms with Gasteiger partial charge in [0.15, 0.2) is 0 Å². The first kappa shape index (κ1) is 11.0. The highest BCUT2D eigenvalue weighted by Gasteiger charge is 2.07. The number of hydrogen-bond donors (Lipinski definition) is 0. The topological polar surface area (TPSA) is 9.23 Å². The molecule has 0 saturated heterocycles. The molecule has 2 aromatic carbocycles. The maximum atomic E-state index is 13.2. The molecule has 16 heavy (non-hydrogen) atoms. The van der Waals surface area contributed by atoms with Gasteiger partial charge >= 0.3 is 0 Å². The van der Waals surface area contributed by atoms with Crippen molar-refractivity contribution in [2.24, 2.45) is 0 Å². The van der Waals surface area contributed by atoms with Gasteiger partial charge in [0.25, 0.3) is 0 Å². The molecule has 0 aliphatic rings. The molecule has 0 N–H and O–H groups in total. The molecule has 0 bridgehead atoms. The van der Waals surface area contributed by atoms with Gasteiger partial charge < -0.3 is 4.74 Å². The summed E-state index contributed by atoms with van der Waals surface area (Å²) in [5.74, 6) is 0.206. The van der Waals surface area contributed by atoms with Crippen LogP contribution in [-0.2, 0) is 0 Å². The molecule has 0 heterocycles. The lowest BCUT2D eigenvalue weighted by Crippen LogP contribution is -1.88. The second kappa shape index (κ2) is 4.54. The van der Waals surface area contributed by atoms with Gasteiger partial charge in [-0.05, 0) is 23.8 Å². The molecule has 0 aromatic heterocycles. The minimum absolute atomic E-state index is 0.362. The van der Waals surface area contributed by atoms with E-state index in [0.717, 1.165) is 5.56 Å². The maximum absolute atomic E-state index is 13.2. The number of ether oxygens (including phenoxy) is 1. The Hall–Kier alpha value is -1.54. The highest BCUT2D eigenvalue weighted by Crippen LogP contribution is 2.31. The molecule has 0 fully saturated rings. The molecule has 1 radical (unpaired) electrons. The molecule has 2 aromatic rings. The summed E-state index contributed by atoms with van der Waals surface area (Å²) in [5.41, 5.74) is 1.45. The lowest BCUT2D eigenvalue weighted by molar-refractivity contribution is 0.415. The highest BCUT2D eigenvalue weighted by molar-refractivity contribution is 6.30. The standard InChI is InChI=1S/C13H9ClFO/c1-16-13-5-3-2-4-12(13)9-6-10(14)8-11(15)7-9/h2-4,6-8H,1H3. The maximum Gasteiger partial charge on any atom is 0.134 e. The Bertz CT molecular complexity index is 491. The summed E-state index contributed by atoms with van der Waals surface area (Å²) in [4.78, 5) is 0. The molecule has 0 amide bonds. The third-order valence-electron chi connectivity index (χ3n) is 2.20. The van der Waals surface area contributed by atoms with Crippen molar-refractivity contribution in [2.75, 3.05) is 7.11 Å². The first-order valence-electron chi connectivity index (χ1n) is 4.72. The Labute approximate surface area is 98.4 Å². The fraction of sp³-hybridized carbons (Fsp3) is 0.0769. The van der Waals surface area contributed by atoms with Crippen molar-refractivity contribution in [3.05, 3.63) is 53.3 Å². The van der Waals surface area contributed by atoms with Crippen LogP contribution in [0.15, 0.2) is 36.4 Å². The first-order valence-corrected chi connectivity index (χ1v) is 5.09. The van der Waals surface area contributed by atoms with Crippen LogP contribution in [0.3, 0.4) is 0 Å². The van der Waals surface area contributed by atoms with E-state index >= 15 is 0 Å². The quantitative estimate of drug-likeness (QED) is 0.766. The lowest BCUT2D eigenvalue weighted by atomic mass is 10.0. The first-order chi connectivity index (χ1) is 7.70. The Kier molecular flexibility index (Phi) is 3.11. The molecule has 0 spiro atoms. The zero-order chi connectivity index (χ0) is 11.5. The fourth-order valence-corrected chi connectivity index (χ4v) is 1.75. The van der Waals surface area contributed by atoms with E-state index in [0.29, 0.717) is 16.3 Å². The summed E-state index contributed by atoms with van der Waals surface area (Å²) in [5, 5.41) is 0.362. The van der Waals surface area contributed by atoms with Gasteiger partial charge in [-0.3, -0.25) is 0 Å². The minimum atomic E-state index is -0.367. The van der Waals surface area contributed by atoms with Crippen LogP contribution in [0.2, 0.25) is 5.02 Å². The average Bonchev–Trinajstić information content (AvgIpc) is 2.27. The average molecular weight is 236 g/mol. The van der Waals surface area contributed by atoms with Crippen molar-refractivity contribution in [1.82, 2.24) is 0 Å². The number of para-hydroxylation sites is 1. The van der Waals surface area contributed by atoms with Crippen LogP contribution in [0.5, 0.6) is 5.75 Å². The Balaban J connectivity index is 2.58. The van der Waals surface area contributed by atoms with Crippen LogP contribution in [0.1, 0.15) is 0 Å². The van der Waals surface area contributed by atoms with E-state index in [2.05, 4.69) is 6.07 Å². The molecule has 2 rings (SSSR count). The van der Waals surface area contributed by atoms with E-state index in [1.807, 2.05) is 12.1 Å². The lowest BCUT2D eigenvalue weighted by Gasteiger charge is -2.08. The van der Waals surface area contributed by atoms with Gasteiger partial charge in [0.2, 0.25) is 0 Å². The van der Waals surface area contributed by atoms with Crippen LogP contribution in [0.25, 0.3) is 11.1 Å². The molecule has 0 aliphatic heterocycles. The van der Waals surface area contributed by atoms with E-state index in [1.165, 1.54) is 12.1 Å². The van der Waals surface area contributed by atoms with E-state index in [9.17, 15) is 4.39 Å². The monoisotopic (exact) mass is 235 g/mol. The molecule has 81 valence electrons. The van der Waals surface area contributed by atoms with Crippen LogP contribution in [0.4, 0.5) is 4.39 Å². The van der Waals surface area contributed by atoms with Gasteiger partial charge in [-0.2, -0.15) is 0 Å². The van der Waals surface area contributed by atoms with Crippen molar-refractivity contribution >= 4 is 11.6 Å². The third-order valence-corrected chi connectivity index (χ3v) is 2.41. The number of hydrogen-bond acceptors (Lipinski definition) is 1. The Morgan fingerprint density at radius 3 is 2.81 bits per heavy atom. The number of rotatable bonds is 2. The molecule has 0 unspecified atom stereocenters. The molecular weight excluding hydrogens is 227 g/mol. The van der Waals surface area contributed by atoms with E-state index in [4.69, 9.17) is 16.3 Å². The number of methoxy groups -OCH3 is 1. The largest absolute Gasteiger partial charge is 0.495 e. The van der Waals surface area contributed by atoms with Crippen molar-refractivity contribution in [3.63, 3.8) is 0 Å². The van der Waals surface area contributed by atoms with Crippen molar-refractivity contribution in [3.8, 4) is 16.9 Å². The molecule has 0 aliphatic carbocycles. The van der Waals surface area contributed by atoms with E-state index in [-0.39, 0.29) is 5.82 Å². The highest BCUT2D eigenvalue weighted by atomic mass is 35.5. The van der Waals surface area contributed by atoms with Crippen LogP contribution < -0.4 is 4.74 Å². The zero-order valence-electron chi connectivity index (χ0n) is 8.63. The third kappa shape index (κ3) is 2.17. The Morgan fingerprint density at radius 1 is 1.31 bits per heavy atom. The summed E-state index contributed by atoms with van der Waals surface area (Å²) in [6.45, 7) is 0. The second-order valence-corrected chi connectivity index (χ2v) is 3.71. The zero-order valence-corrected chi connectivity index (χ0v) is 9.38. The Morgan fingerprint density at radius 2 is 2.12 bits per heavy atom. The smallest absolute Gasteiger partial charge is 0.134 e. The second-order valence-electron chi connectivity index (χ2n) is 3.28. The summed E-state index contributed by atoms with van der Waals surface area (Å²) in [6.07, 6.45) is 0. The van der Waals surface area contributed by atoms with Gasteiger partial charge in [0.05, 0.1) is 7.11 Å². The summed E-state index contributed by atoms with van der Waals surface area (Å²) < 4.78 is 18.4. The molecule has 0 atom stereocenters. The van der Waals surface area contributed by atoms with Gasteiger partial charge in [0.1, 0.15) is 11.6 Å². The van der Waals surface area contributed by atoms with Gasteiger partial charge in [0, 0.05) is 16.7 Å². The number of halogens is 2. The SMILES string of the molecule is COc1[c]cccc1-c1cc(F)cc(Cl)c1. The predicted octanol–water partition coefficient (Wildman–Crippen LogP) is 3.95. The van der Waals surface area contributed by atoms with Crippen LogP contribution in [0, 0.1) is 11.9 Å². The van der Waals surface area contributed by atoms with Crippen LogP contribution in [-0.4, -0.2) is 7.11 Å². The molecule has 0 saturated carbocycles. The van der Waals surface area contributed by atoms with Gasteiger partial charge in [-0.15, -0.1) is 0 Å². The van der Waals surface area contributed by atoms with E-state index in [1.54, 1.807) is 19.2 Å². The van der Waals surface area contributed by atoms with Crippen molar-refractivity contribution < 1.29 is 9.13 Å². The van der Waals surface area contributed by atoms with Crippen molar-refractivity contribution in [2.45, 2.75) is 0 Å². The number of benzene rings is 2. The molecule has 3 heteroatoms. The fourth-order valence-electron chi connectivity index (χ4n) is 1.53.